The predicted octanol–water partition coefficient (Wildman–Crippen LogP) is 10.5. The van der Waals surface area contributed by atoms with E-state index in [0.717, 1.165) is 72.5 Å². The molecule has 47 heavy (non-hydrogen) atoms. The van der Waals surface area contributed by atoms with Crippen molar-refractivity contribution in [2.45, 2.75) is 0 Å². The van der Waals surface area contributed by atoms with Gasteiger partial charge in [0.25, 0.3) is 0 Å². The summed E-state index contributed by atoms with van der Waals surface area (Å²) in [5.41, 5.74) is 10.4. The highest BCUT2D eigenvalue weighted by molar-refractivity contribution is 6.02. The van der Waals surface area contributed by atoms with E-state index < -0.39 is 0 Å². The summed E-state index contributed by atoms with van der Waals surface area (Å²) in [6, 6.07) is 51.7. The molecule has 0 amide bonds. The Morgan fingerprint density at radius 3 is 1.55 bits per heavy atom. The number of pyridine rings is 1. The van der Waals surface area contributed by atoms with Crippen LogP contribution in [0.25, 0.3) is 78.4 Å². The minimum atomic E-state index is 0.632. The van der Waals surface area contributed by atoms with Crippen molar-refractivity contribution < 1.29 is 4.74 Å². The van der Waals surface area contributed by atoms with E-state index in [1.165, 1.54) is 0 Å². The standard InChI is InChI=1S/C42H26N4O/c1-3-10-27(11-4-1)40-44-41(28-12-5-2-6-13-28)46-42(45-40)33-17-8-16-31(25-33)29-14-7-15-30(24-29)32-20-21-34-35-18-9-19-36-39(35)37(22-23-43-36)47-38(34)26-32/h1-26H. The maximum Gasteiger partial charge on any atom is 0.164 e. The minimum absolute atomic E-state index is 0.632. The highest BCUT2D eigenvalue weighted by Gasteiger charge is 2.21. The van der Waals surface area contributed by atoms with Crippen LogP contribution >= 0.6 is 0 Å². The van der Waals surface area contributed by atoms with Crippen LogP contribution in [0.3, 0.4) is 0 Å². The molecule has 3 heterocycles. The molecule has 0 unspecified atom stereocenters. The van der Waals surface area contributed by atoms with Gasteiger partial charge in [0.1, 0.15) is 11.5 Å². The highest BCUT2D eigenvalue weighted by atomic mass is 16.5. The number of nitrogens with zero attached hydrogens (tertiary/aromatic N) is 4. The number of hydrogen-bond donors (Lipinski definition) is 0. The fourth-order valence-electron chi connectivity index (χ4n) is 6.27. The molecule has 0 saturated carbocycles. The molecule has 0 bridgehead atoms. The third-order valence-electron chi connectivity index (χ3n) is 8.57. The quantitative estimate of drug-likeness (QED) is 0.196. The molecule has 8 aromatic rings. The Labute approximate surface area is 271 Å². The van der Waals surface area contributed by atoms with Crippen molar-refractivity contribution in [3.05, 3.63) is 158 Å². The Morgan fingerprint density at radius 2 is 0.894 bits per heavy atom. The molecule has 0 saturated heterocycles. The van der Waals surface area contributed by atoms with E-state index in [0.29, 0.717) is 17.5 Å². The van der Waals surface area contributed by atoms with Crippen molar-refractivity contribution in [1.82, 2.24) is 19.9 Å². The number of benzene rings is 6. The van der Waals surface area contributed by atoms with E-state index in [1.807, 2.05) is 72.8 Å². The fourth-order valence-corrected chi connectivity index (χ4v) is 6.27. The molecular weight excluding hydrogens is 576 g/mol. The van der Waals surface area contributed by atoms with Gasteiger partial charge < -0.3 is 4.74 Å². The number of rotatable bonds is 5. The first-order valence-electron chi connectivity index (χ1n) is 15.5. The van der Waals surface area contributed by atoms with Crippen molar-refractivity contribution in [3.63, 3.8) is 0 Å². The molecule has 1 aliphatic heterocycles. The predicted molar refractivity (Wildman–Crippen MR) is 188 cm³/mol. The molecule has 0 atom stereocenters. The van der Waals surface area contributed by atoms with Crippen molar-refractivity contribution in [1.29, 1.82) is 0 Å². The van der Waals surface area contributed by atoms with Gasteiger partial charge in [-0.3, -0.25) is 4.98 Å². The van der Waals surface area contributed by atoms with Gasteiger partial charge >= 0.3 is 0 Å². The molecule has 0 aliphatic carbocycles. The van der Waals surface area contributed by atoms with Gasteiger partial charge in [-0.15, -0.1) is 0 Å². The van der Waals surface area contributed by atoms with Crippen LogP contribution in [0, 0.1) is 0 Å². The second-order valence-electron chi connectivity index (χ2n) is 11.5. The lowest BCUT2D eigenvalue weighted by atomic mass is 9.93. The summed E-state index contributed by atoms with van der Waals surface area (Å²) in [6.07, 6.45) is 1.80. The van der Waals surface area contributed by atoms with E-state index in [-0.39, 0.29) is 0 Å². The summed E-state index contributed by atoms with van der Waals surface area (Å²) in [5, 5.41) is 1.06. The minimum Gasteiger partial charge on any atom is -0.456 e. The van der Waals surface area contributed by atoms with Crippen molar-refractivity contribution >= 4 is 10.9 Å². The summed E-state index contributed by atoms with van der Waals surface area (Å²) in [5.74, 6) is 3.61. The van der Waals surface area contributed by atoms with Crippen molar-refractivity contribution in [2.75, 3.05) is 0 Å². The summed E-state index contributed by atoms with van der Waals surface area (Å²) in [4.78, 5) is 19.2. The number of fused-ring (bicyclic) bond motifs is 2. The summed E-state index contributed by atoms with van der Waals surface area (Å²) < 4.78 is 6.42. The van der Waals surface area contributed by atoms with Gasteiger partial charge in [-0.1, -0.05) is 115 Å². The Balaban J connectivity index is 1.09. The first-order chi connectivity index (χ1) is 23.3. The van der Waals surface area contributed by atoms with Gasteiger partial charge in [-0.2, -0.15) is 0 Å². The monoisotopic (exact) mass is 602 g/mol. The van der Waals surface area contributed by atoms with Crippen molar-refractivity contribution in [3.8, 4) is 79.0 Å². The zero-order valence-electron chi connectivity index (χ0n) is 25.2. The lowest BCUT2D eigenvalue weighted by Crippen LogP contribution is -2.00. The Morgan fingerprint density at radius 1 is 0.362 bits per heavy atom. The second kappa shape index (κ2) is 11.2. The van der Waals surface area contributed by atoms with E-state index >= 15 is 0 Å². The van der Waals surface area contributed by atoms with Gasteiger partial charge in [-0.25, -0.2) is 15.0 Å². The first kappa shape index (κ1) is 26.9. The molecule has 9 rings (SSSR count). The topological polar surface area (TPSA) is 60.8 Å². The highest BCUT2D eigenvalue weighted by Crippen LogP contribution is 2.47. The number of aromatic nitrogens is 4. The number of ether oxygens (including phenoxy) is 1. The summed E-state index contributed by atoms with van der Waals surface area (Å²) >= 11 is 0. The zero-order valence-corrected chi connectivity index (χ0v) is 25.2. The van der Waals surface area contributed by atoms with E-state index in [2.05, 4.69) is 83.8 Å². The SMILES string of the molecule is c1ccc(-c2nc(-c3ccccc3)nc(-c3cccc(-c4cccc(-c5ccc6c(c5)Oc5ccnc7cccc-6c57)c4)c3)n2)cc1. The van der Waals surface area contributed by atoms with E-state index in [1.54, 1.807) is 6.20 Å². The van der Waals surface area contributed by atoms with E-state index in [4.69, 9.17) is 19.7 Å². The third-order valence-corrected chi connectivity index (χ3v) is 8.57. The van der Waals surface area contributed by atoms with Gasteiger partial charge in [0, 0.05) is 28.5 Å². The van der Waals surface area contributed by atoms with Crippen LogP contribution in [0.2, 0.25) is 0 Å². The number of hydrogen-bond acceptors (Lipinski definition) is 5. The fraction of sp³-hybridized carbons (Fsp3) is 0. The molecule has 5 nitrogen and oxygen atoms in total. The molecule has 220 valence electrons. The maximum atomic E-state index is 6.42. The lowest BCUT2D eigenvalue weighted by Gasteiger charge is -2.21. The molecule has 0 spiro atoms. The van der Waals surface area contributed by atoms with Crippen LogP contribution in [0.1, 0.15) is 0 Å². The largest absolute Gasteiger partial charge is 0.456 e. The maximum absolute atomic E-state index is 6.42. The molecule has 5 heteroatoms. The van der Waals surface area contributed by atoms with Crippen LogP contribution in [-0.2, 0) is 0 Å². The smallest absolute Gasteiger partial charge is 0.164 e. The average Bonchev–Trinajstić information content (AvgIpc) is 3.15. The molecule has 0 N–H and O–H groups in total. The Kier molecular flexibility index (Phi) is 6.39. The van der Waals surface area contributed by atoms with Gasteiger partial charge in [0.15, 0.2) is 17.5 Å². The lowest BCUT2D eigenvalue weighted by molar-refractivity contribution is 0.487. The van der Waals surface area contributed by atoms with Gasteiger partial charge in [0.05, 0.1) is 10.9 Å². The van der Waals surface area contributed by atoms with Crippen LogP contribution in [0.5, 0.6) is 11.5 Å². The first-order valence-corrected chi connectivity index (χ1v) is 15.5. The molecular formula is C42H26N4O. The molecule has 1 aliphatic rings. The van der Waals surface area contributed by atoms with Crippen LogP contribution in [0.15, 0.2) is 158 Å². The normalized spacial score (nSPS) is 11.6. The Hall–Kier alpha value is -6.46. The zero-order chi connectivity index (χ0) is 31.2. The van der Waals surface area contributed by atoms with E-state index in [9.17, 15) is 0 Å². The molecule has 2 aromatic heterocycles. The summed E-state index contributed by atoms with van der Waals surface area (Å²) in [6.45, 7) is 0. The van der Waals surface area contributed by atoms with Crippen molar-refractivity contribution in [2.24, 2.45) is 0 Å². The average molecular weight is 603 g/mol. The molecule has 6 aromatic carbocycles. The van der Waals surface area contributed by atoms with Crippen LogP contribution < -0.4 is 4.74 Å². The van der Waals surface area contributed by atoms with Gasteiger partial charge in [0.2, 0.25) is 0 Å². The van der Waals surface area contributed by atoms with Crippen LogP contribution in [-0.4, -0.2) is 19.9 Å². The van der Waals surface area contributed by atoms with Gasteiger partial charge in [-0.05, 0) is 64.2 Å². The second-order valence-corrected chi connectivity index (χ2v) is 11.5. The third kappa shape index (κ3) is 4.91. The molecule has 0 radical (unpaired) electrons. The van der Waals surface area contributed by atoms with Crippen LogP contribution in [0.4, 0.5) is 0 Å². The summed E-state index contributed by atoms with van der Waals surface area (Å²) in [7, 11) is 0. The Bertz CT molecular complexity index is 2380. The molecule has 0 fully saturated rings.